The van der Waals surface area contributed by atoms with Crippen LogP contribution in [0.3, 0.4) is 0 Å². The van der Waals surface area contributed by atoms with Crippen LogP contribution in [0.4, 0.5) is 6.01 Å². The molecule has 1 saturated heterocycles. The minimum Gasteiger partial charge on any atom is -0.429 e. The summed E-state index contributed by atoms with van der Waals surface area (Å²) < 4.78 is 11.0. The first-order valence-corrected chi connectivity index (χ1v) is 5.72. The molecule has 0 spiro atoms. The highest BCUT2D eigenvalue weighted by molar-refractivity contribution is 5.28. The van der Waals surface area contributed by atoms with Crippen LogP contribution >= 0.6 is 0 Å². The highest BCUT2D eigenvalue weighted by atomic mass is 16.5. The normalized spacial score (nSPS) is 26.1. The zero-order chi connectivity index (χ0) is 11.5. The van der Waals surface area contributed by atoms with Gasteiger partial charge in [0.05, 0.1) is 18.8 Å². The molecule has 2 atom stereocenters. The molecule has 0 bridgehead atoms. The van der Waals surface area contributed by atoms with Gasteiger partial charge in [0, 0.05) is 26.1 Å². The van der Waals surface area contributed by atoms with Crippen LogP contribution in [-0.2, 0) is 11.2 Å². The van der Waals surface area contributed by atoms with Gasteiger partial charge < -0.3 is 19.8 Å². The number of aromatic nitrogens is 1. The van der Waals surface area contributed by atoms with E-state index in [1.54, 1.807) is 13.3 Å². The van der Waals surface area contributed by atoms with Crippen LogP contribution in [-0.4, -0.2) is 37.3 Å². The predicted octanol–water partition coefficient (Wildman–Crippen LogP) is 0.789. The summed E-state index contributed by atoms with van der Waals surface area (Å²) in [4.78, 5) is 6.36. The second kappa shape index (κ2) is 4.84. The number of hydrogen-bond acceptors (Lipinski definition) is 5. The Bertz CT molecular complexity index is 340. The first-order chi connectivity index (χ1) is 7.74. The topological polar surface area (TPSA) is 64.5 Å². The lowest BCUT2D eigenvalue weighted by Crippen LogP contribution is -2.51. The number of oxazole rings is 1. The Hall–Kier alpha value is -1.07. The molecule has 5 nitrogen and oxygen atoms in total. The molecule has 5 heteroatoms. The molecule has 2 N–H and O–H groups in total. The molecule has 2 unspecified atom stereocenters. The molecule has 0 aliphatic carbocycles. The second-order valence-electron chi connectivity index (χ2n) is 4.14. The van der Waals surface area contributed by atoms with E-state index in [2.05, 4.69) is 9.88 Å². The number of rotatable bonds is 3. The summed E-state index contributed by atoms with van der Waals surface area (Å²) in [5.74, 6) is 0.916. The number of aryl methyl sites for hydroxylation is 1. The SMILES string of the molecule is CCc1cnc(N2CCC(N)C(OC)C2)o1. The van der Waals surface area contributed by atoms with Crippen molar-refractivity contribution in [3.05, 3.63) is 12.0 Å². The van der Waals surface area contributed by atoms with Crippen molar-refractivity contribution in [1.82, 2.24) is 4.98 Å². The van der Waals surface area contributed by atoms with Crippen molar-refractivity contribution in [2.24, 2.45) is 5.73 Å². The van der Waals surface area contributed by atoms with Crippen LogP contribution in [0, 0.1) is 0 Å². The number of piperidine rings is 1. The van der Waals surface area contributed by atoms with E-state index in [1.807, 2.05) is 6.92 Å². The molecule has 1 fully saturated rings. The number of ether oxygens (including phenoxy) is 1. The Morgan fingerprint density at radius 1 is 1.69 bits per heavy atom. The van der Waals surface area contributed by atoms with Gasteiger partial charge in [-0.1, -0.05) is 6.92 Å². The highest BCUT2D eigenvalue weighted by Crippen LogP contribution is 2.20. The van der Waals surface area contributed by atoms with E-state index in [-0.39, 0.29) is 12.1 Å². The van der Waals surface area contributed by atoms with Gasteiger partial charge in [0.15, 0.2) is 0 Å². The van der Waals surface area contributed by atoms with E-state index in [0.717, 1.165) is 31.7 Å². The molecule has 1 aromatic rings. The van der Waals surface area contributed by atoms with Gasteiger partial charge in [0.2, 0.25) is 0 Å². The molecule has 1 aliphatic rings. The molecule has 16 heavy (non-hydrogen) atoms. The maximum atomic E-state index is 5.96. The van der Waals surface area contributed by atoms with Crippen molar-refractivity contribution < 1.29 is 9.15 Å². The molecule has 2 heterocycles. The van der Waals surface area contributed by atoms with Crippen molar-refractivity contribution in [3.8, 4) is 0 Å². The standard InChI is InChI=1S/C11H19N3O2/c1-3-8-6-13-11(16-8)14-5-4-9(12)10(7-14)15-2/h6,9-10H,3-5,7,12H2,1-2H3. The van der Waals surface area contributed by atoms with Gasteiger partial charge in [0.25, 0.3) is 6.01 Å². The van der Waals surface area contributed by atoms with Crippen LogP contribution in [0.25, 0.3) is 0 Å². The Labute approximate surface area is 95.6 Å². The number of nitrogens with two attached hydrogens (primary N) is 1. The van der Waals surface area contributed by atoms with Crippen molar-refractivity contribution in [3.63, 3.8) is 0 Å². The summed E-state index contributed by atoms with van der Waals surface area (Å²) in [6.45, 7) is 3.68. The molecular weight excluding hydrogens is 206 g/mol. The number of nitrogens with zero attached hydrogens (tertiary/aromatic N) is 2. The fraction of sp³-hybridized carbons (Fsp3) is 0.727. The van der Waals surface area contributed by atoms with E-state index < -0.39 is 0 Å². The van der Waals surface area contributed by atoms with Crippen LogP contribution in [0.1, 0.15) is 19.1 Å². The zero-order valence-electron chi connectivity index (χ0n) is 9.85. The van der Waals surface area contributed by atoms with Crippen LogP contribution in [0.2, 0.25) is 0 Å². The van der Waals surface area contributed by atoms with Gasteiger partial charge >= 0.3 is 0 Å². The minimum atomic E-state index is 0.0609. The summed E-state index contributed by atoms with van der Waals surface area (Å²) in [6.07, 6.45) is 3.62. The lowest BCUT2D eigenvalue weighted by molar-refractivity contribution is 0.0716. The van der Waals surface area contributed by atoms with Crippen LogP contribution in [0.5, 0.6) is 0 Å². The van der Waals surface area contributed by atoms with Gasteiger partial charge in [-0.15, -0.1) is 0 Å². The average molecular weight is 225 g/mol. The van der Waals surface area contributed by atoms with Gasteiger partial charge in [-0.2, -0.15) is 0 Å². The number of hydrogen-bond donors (Lipinski definition) is 1. The Kier molecular flexibility index (Phi) is 3.46. The first kappa shape index (κ1) is 11.4. The molecular formula is C11H19N3O2. The van der Waals surface area contributed by atoms with Crippen LogP contribution < -0.4 is 10.6 Å². The lowest BCUT2D eigenvalue weighted by atomic mass is 10.0. The van der Waals surface area contributed by atoms with Crippen molar-refractivity contribution in [2.75, 3.05) is 25.1 Å². The van der Waals surface area contributed by atoms with Crippen molar-refractivity contribution >= 4 is 6.01 Å². The molecule has 1 aliphatic heterocycles. The smallest absolute Gasteiger partial charge is 0.297 e. The zero-order valence-corrected chi connectivity index (χ0v) is 9.85. The molecule has 0 amide bonds. The lowest BCUT2D eigenvalue weighted by Gasteiger charge is -2.34. The highest BCUT2D eigenvalue weighted by Gasteiger charge is 2.28. The van der Waals surface area contributed by atoms with E-state index in [9.17, 15) is 0 Å². The van der Waals surface area contributed by atoms with Gasteiger partial charge in [-0.25, -0.2) is 4.98 Å². The summed E-state index contributed by atoms with van der Waals surface area (Å²) in [6, 6.07) is 0.799. The molecule has 1 aromatic heterocycles. The first-order valence-electron chi connectivity index (χ1n) is 5.72. The number of methoxy groups -OCH3 is 1. The molecule has 0 radical (unpaired) electrons. The largest absolute Gasteiger partial charge is 0.429 e. The third-order valence-electron chi connectivity index (χ3n) is 3.07. The number of anilines is 1. The van der Waals surface area contributed by atoms with E-state index in [1.165, 1.54) is 0 Å². The molecule has 0 saturated carbocycles. The van der Waals surface area contributed by atoms with Gasteiger partial charge in [-0.05, 0) is 6.42 Å². The Morgan fingerprint density at radius 2 is 2.50 bits per heavy atom. The monoisotopic (exact) mass is 225 g/mol. The molecule has 0 aromatic carbocycles. The summed E-state index contributed by atoms with van der Waals surface area (Å²) in [7, 11) is 1.70. The van der Waals surface area contributed by atoms with E-state index in [0.29, 0.717) is 6.01 Å². The predicted molar refractivity (Wildman–Crippen MR) is 61.5 cm³/mol. The van der Waals surface area contributed by atoms with Crippen molar-refractivity contribution in [1.29, 1.82) is 0 Å². The van der Waals surface area contributed by atoms with Gasteiger partial charge in [0.1, 0.15) is 5.76 Å². The Balaban J connectivity index is 2.05. The fourth-order valence-electron chi connectivity index (χ4n) is 1.96. The minimum absolute atomic E-state index is 0.0609. The average Bonchev–Trinajstić information content (AvgIpc) is 2.78. The van der Waals surface area contributed by atoms with Crippen molar-refractivity contribution in [2.45, 2.75) is 31.9 Å². The fourth-order valence-corrected chi connectivity index (χ4v) is 1.96. The third-order valence-corrected chi connectivity index (χ3v) is 3.07. The molecule has 90 valence electrons. The summed E-state index contributed by atoms with van der Waals surface area (Å²) >= 11 is 0. The van der Waals surface area contributed by atoms with Gasteiger partial charge in [-0.3, -0.25) is 0 Å². The molecule has 2 rings (SSSR count). The van der Waals surface area contributed by atoms with E-state index in [4.69, 9.17) is 14.9 Å². The third kappa shape index (κ3) is 2.20. The quantitative estimate of drug-likeness (QED) is 0.824. The maximum absolute atomic E-state index is 5.96. The maximum Gasteiger partial charge on any atom is 0.297 e. The summed E-state index contributed by atoms with van der Waals surface area (Å²) in [5, 5.41) is 0. The van der Waals surface area contributed by atoms with Crippen LogP contribution in [0.15, 0.2) is 10.6 Å². The second-order valence-corrected chi connectivity index (χ2v) is 4.14. The Morgan fingerprint density at radius 3 is 3.12 bits per heavy atom. The summed E-state index contributed by atoms with van der Waals surface area (Å²) in [5.41, 5.74) is 5.96. The van der Waals surface area contributed by atoms with E-state index >= 15 is 0 Å².